The molecular weight excluding hydrogens is 562 g/mol. The highest BCUT2D eigenvalue weighted by molar-refractivity contribution is 7.91. The van der Waals surface area contributed by atoms with E-state index in [-0.39, 0.29) is 36.9 Å². The van der Waals surface area contributed by atoms with Crippen LogP contribution < -0.4 is 15.4 Å². The minimum atomic E-state index is -3.93. The molecular formula is C30H47N3O8S. The number of nitrogens with one attached hydrogen (secondary N) is 3. The highest BCUT2D eigenvalue weighted by atomic mass is 32.2. The zero-order valence-electron chi connectivity index (χ0n) is 25.6. The zero-order valence-corrected chi connectivity index (χ0v) is 26.4. The summed E-state index contributed by atoms with van der Waals surface area (Å²) in [7, 11) is -3.93. The smallest absolute Gasteiger partial charge is 0.408 e. The fraction of sp³-hybridized carbons (Fsp3) is 0.800. The van der Waals surface area contributed by atoms with Gasteiger partial charge in [0.05, 0.1) is 22.8 Å². The first-order chi connectivity index (χ1) is 19.4. The summed E-state index contributed by atoms with van der Waals surface area (Å²) in [6, 6.07) is -0.941. The molecule has 42 heavy (non-hydrogen) atoms. The molecule has 0 radical (unpaired) electrons. The Morgan fingerprint density at radius 1 is 1.10 bits per heavy atom. The number of rotatable bonds is 4. The third-order valence-electron chi connectivity index (χ3n) is 9.35. The van der Waals surface area contributed by atoms with E-state index in [1.54, 1.807) is 27.7 Å². The lowest BCUT2D eigenvalue weighted by molar-refractivity contribution is -0.136. The molecule has 4 aliphatic rings. The standard InChI is InChI=1S/C30H47N3O8S/c1-17-9-7-8-10-19-16-30(19,26(37)33-42(39,40)29(6)11-12-29)32-25(36)22-15-20(34)14-21(22)24(35)23(18(2)13-17)31-27(38)41-28(3,4)5/h8,10,17-23,34H,7,9,11-16H2,1-6H3,(H,31,38)(H,32,36)(H,33,37)/b10-8-/t17?,18-,19?,20+,21?,22-,23+,30-/m1/s1. The molecule has 4 N–H and O–H groups in total. The SMILES string of the molecule is CC1CC/C=C\C2C[C@@]2(C(=O)NS(=O)(=O)C2(C)CC2)NC(=O)[C@@H]2C[C@@H](O)CC2C(=O)[C@@H](NC(=O)OC(C)(C)C)[C@H](C)C1. The van der Waals surface area contributed by atoms with Crippen molar-refractivity contribution >= 4 is 33.7 Å². The van der Waals surface area contributed by atoms with E-state index in [1.165, 1.54) is 0 Å². The van der Waals surface area contributed by atoms with Crippen LogP contribution in [-0.2, 0) is 29.1 Å². The summed E-state index contributed by atoms with van der Waals surface area (Å²) in [5.74, 6) is -4.04. The van der Waals surface area contributed by atoms with E-state index in [2.05, 4.69) is 22.3 Å². The number of amides is 3. The number of allylic oxidation sites excluding steroid dienone is 1. The zero-order chi connectivity index (χ0) is 31.3. The molecule has 236 valence electrons. The van der Waals surface area contributed by atoms with Crippen molar-refractivity contribution in [3.05, 3.63) is 12.2 Å². The summed E-state index contributed by atoms with van der Waals surface area (Å²) < 4.78 is 32.4. The second kappa shape index (κ2) is 11.6. The molecule has 3 amide bonds. The molecule has 0 aromatic heterocycles. The lowest BCUT2D eigenvalue weighted by atomic mass is 9.80. The number of ether oxygens (including phenoxy) is 1. The summed E-state index contributed by atoms with van der Waals surface area (Å²) in [4.78, 5) is 54.1. The van der Waals surface area contributed by atoms with Gasteiger partial charge in [0.1, 0.15) is 11.1 Å². The van der Waals surface area contributed by atoms with Gasteiger partial charge in [-0.1, -0.05) is 26.0 Å². The maximum absolute atomic E-state index is 14.1. The molecule has 0 aromatic carbocycles. The van der Waals surface area contributed by atoms with Crippen LogP contribution >= 0.6 is 0 Å². The molecule has 0 aromatic rings. The number of aliphatic hydroxyl groups excluding tert-OH is 1. The van der Waals surface area contributed by atoms with Gasteiger partial charge in [-0.2, -0.15) is 0 Å². The number of hydrogen-bond donors (Lipinski definition) is 4. The van der Waals surface area contributed by atoms with Gasteiger partial charge in [-0.15, -0.1) is 0 Å². The monoisotopic (exact) mass is 609 g/mol. The number of carbonyl (C=O) groups excluding carboxylic acids is 4. The van der Waals surface area contributed by atoms with Gasteiger partial charge in [-0.05, 0) is 90.9 Å². The van der Waals surface area contributed by atoms with E-state index in [0.29, 0.717) is 25.7 Å². The Bertz CT molecular complexity index is 1240. The average Bonchev–Trinajstić information content (AvgIpc) is 3.74. The van der Waals surface area contributed by atoms with Gasteiger partial charge in [-0.3, -0.25) is 19.1 Å². The fourth-order valence-electron chi connectivity index (χ4n) is 6.38. The number of Topliss-reactive ketones (excluding diaryl/α,β-unsaturated/α-hetero) is 1. The molecule has 0 spiro atoms. The van der Waals surface area contributed by atoms with Crippen LogP contribution in [0.15, 0.2) is 12.2 Å². The Kier molecular flexibility index (Phi) is 8.93. The molecule has 0 saturated heterocycles. The van der Waals surface area contributed by atoms with E-state index in [9.17, 15) is 32.7 Å². The van der Waals surface area contributed by atoms with Crippen LogP contribution in [0.25, 0.3) is 0 Å². The Morgan fingerprint density at radius 2 is 1.74 bits per heavy atom. The Morgan fingerprint density at radius 3 is 2.36 bits per heavy atom. The van der Waals surface area contributed by atoms with Crippen molar-refractivity contribution in [3.8, 4) is 0 Å². The van der Waals surface area contributed by atoms with Crippen LogP contribution in [0, 0.1) is 29.6 Å². The van der Waals surface area contributed by atoms with Crippen LogP contribution in [0.5, 0.6) is 0 Å². The van der Waals surface area contributed by atoms with E-state index < -0.39 is 73.7 Å². The number of alkyl carbamates (subject to hydrolysis) is 1. The molecule has 3 saturated carbocycles. The molecule has 1 heterocycles. The number of aliphatic hydroxyl groups is 1. The fourth-order valence-corrected chi connectivity index (χ4v) is 7.69. The average molecular weight is 610 g/mol. The third-order valence-corrected chi connectivity index (χ3v) is 11.5. The van der Waals surface area contributed by atoms with Gasteiger partial charge in [0.25, 0.3) is 5.91 Å². The number of hydrogen-bond acceptors (Lipinski definition) is 8. The Balaban J connectivity index is 1.63. The lowest BCUT2D eigenvalue weighted by Crippen LogP contribution is -2.55. The molecule has 4 rings (SSSR count). The van der Waals surface area contributed by atoms with E-state index in [4.69, 9.17) is 4.74 Å². The van der Waals surface area contributed by atoms with Gasteiger partial charge in [-0.25, -0.2) is 13.2 Å². The molecule has 1 aliphatic heterocycles. The largest absolute Gasteiger partial charge is 0.444 e. The summed E-state index contributed by atoms with van der Waals surface area (Å²) in [5.41, 5.74) is -2.23. The number of ketones is 1. The molecule has 3 aliphatic carbocycles. The minimum Gasteiger partial charge on any atom is -0.444 e. The van der Waals surface area contributed by atoms with Crippen LogP contribution in [-0.4, -0.2) is 65.2 Å². The molecule has 12 heteroatoms. The van der Waals surface area contributed by atoms with Crippen LogP contribution in [0.4, 0.5) is 4.79 Å². The van der Waals surface area contributed by atoms with Gasteiger partial charge in [0, 0.05) is 11.8 Å². The van der Waals surface area contributed by atoms with Crippen LogP contribution in [0.1, 0.15) is 92.9 Å². The normalized spacial score (nSPS) is 37.5. The summed E-state index contributed by atoms with van der Waals surface area (Å²) in [6.45, 7) is 10.7. The highest BCUT2D eigenvalue weighted by Crippen LogP contribution is 2.48. The number of carbonyl (C=O) groups is 4. The summed E-state index contributed by atoms with van der Waals surface area (Å²) in [5, 5.41) is 16.1. The second-order valence-electron chi connectivity index (χ2n) is 14.3. The van der Waals surface area contributed by atoms with Gasteiger partial charge in [0.15, 0.2) is 5.78 Å². The van der Waals surface area contributed by atoms with Crippen molar-refractivity contribution in [1.29, 1.82) is 0 Å². The van der Waals surface area contributed by atoms with Gasteiger partial charge >= 0.3 is 6.09 Å². The van der Waals surface area contributed by atoms with Gasteiger partial charge in [0.2, 0.25) is 15.9 Å². The van der Waals surface area contributed by atoms with Crippen molar-refractivity contribution in [3.63, 3.8) is 0 Å². The molecule has 3 unspecified atom stereocenters. The van der Waals surface area contributed by atoms with E-state index >= 15 is 0 Å². The predicted octanol–water partition coefficient (Wildman–Crippen LogP) is 2.72. The van der Waals surface area contributed by atoms with Gasteiger partial charge < -0.3 is 20.5 Å². The lowest BCUT2D eigenvalue weighted by Gasteiger charge is -2.31. The number of sulfonamides is 1. The molecule has 8 atom stereocenters. The maximum Gasteiger partial charge on any atom is 0.408 e. The first-order valence-electron chi connectivity index (χ1n) is 15.1. The van der Waals surface area contributed by atoms with Crippen molar-refractivity contribution in [2.75, 3.05) is 0 Å². The minimum absolute atomic E-state index is 0.0146. The molecule has 11 nitrogen and oxygen atoms in total. The van der Waals surface area contributed by atoms with Crippen molar-refractivity contribution in [2.24, 2.45) is 29.6 Å². The predicted molar refractivity (Wildman–Crippen MR) is 155 cm³/mol. The van der Waals surface area contributed by atoms with Crippen LogP contribution in [0.3, 0.4) is 0 Å². The Hall–Kier alpha value is -2.47. The van der Waals surface area contributed by atoms with Crippen molar-refractivity contribution in [1.82, 2.24) is 15.4 Å². The first kappa shape index (κ1) is 32.4. The van der Waals surface area contributed by atoms with E-state index in [0.717, 1.165) is 6.42 Å². The topological polar surface area (TPSA) is 168 Å². The summed E-state index contributed by atoms with van der Waals surface area (Å²) >= 11 is 0. The summed E-state index contributed by atoms with van der Waals surface area (Å²) in [6.07, 6.45) is 5.49. The van der Waals surface area contributed by atoms with Crippen molar-refractivity contribution in [2.45, 2.75) is 121 Å². The Labute approximate surface area is 249 Å². The second-order valence-corrected chi connectivity index (χ2v) is 16.5. The highest BCUT2D eigenvalue weighted by Gasteiger charge is 2.63. The van der Waals surface area contributed by atoms with Crippen molar-refractivity contribution < 1.29 is 37.4 Å². The van der Waals surface area contributed by atoms with Crippen LogP contribution in [0.2, 0.25) is 0 Å². The first-order valence-corrected chi connectivity index (χ1v) is 16.6. The maximum atomic E-state index is 14.1. The quantitative estimate of drug-likeness (QED) is 0.353. The third kappa shape index (κ3) is 7.01. The molecule has 0 bridgehead atoms. The molecule has 3 fully saturated rings. The van der Waals surface area contributed by atoms with E-state index in [1.807, 2.05) is 19.1 Å². The number of fused-ring (bicyclic) bond motifs is 2.